The third-order valence-corrected chi connectivity index (χ3v) is 2.89. The molecule has 0 aliphatic carbocycles. The monoisotopic (exact) mass is 300 g/mol. The van der Waals surface area contributed by atoms with Gasteiger partial charge in [-0.2, -0.15) is 5.10 Å². The molecule has 8 heteroatoms. The first-order chi connectivity index (χ1) is 10.2. The minimum Gasteiger partial charge on any atom is -0.321 e. The molecule has 0 fully saturated rings. The van der Waals surface area contributed by atoms with E-state index in [0.717, 1.165) is 0 Å². The van der Waals surface area contributed by atoms with Gasteiger partial charge in [-0.3, -0.25) is 4.79 Å². The molecule has 0 saturated carbocycles. The van der Waals surface area contributed by atoms with E-state index in [-0.39, 0.29) is 11.6 Å². The van der Waals surface area contributed by atoms with Gasteiger partial charge in [-0.05, 0) is 36.4 Å². The molecule has 0 unspecified atom stereocenters. The molecule has 2 heterocycles. The Morgan fingerprint density at radius 2 is 1.90 bits per heavy atom. The third kappa shape index (κ3) is 3.03. The van der Waals surface area contributed by atoms with Gasteiger partial charge in [0.15, 0.2) is 11.5 Å². The fraction of sp³-hybridized carbons (Fsp3) is 0. The van der Waals surface area contributed by atoms with Crippen molar-refractivity contribution in [2.45, 2.75) is 0 Å². The summed E-state index contributed by atoms with van der Waals surface area (Å²) in [5, 5.41) is 15.0. The van der Waals surface area contributed by atoms with Crippen LogP contribution in [0.4, 0.5) is 5.69 Å². The van der Waals surface area contributed by atoms with Crippen molar-refractivity contribution in [1.29, 1.82) is 0 Å². The molecule has 1 amide bonds. The van der Waals surface area contributed by atoms with Gasteiger partial charge in [-0.1, -0.05) is 11.6 Å². The Kier molecular flexibility index (Phi) is 3.57. The average molecular weight is 301 g/mol. The van der Waals surface area contributed by atoms with Crippen LogP contribution in [-0.2, 0) is 0 Å². The first-order valence-corrected chi connectivity index (χ1v) is 6.36. The summed E-state index contributed by atoms with van der Waals surface area (Å²) in [5.41, 5.74) is 0.834. The quantitative estimate of drug-likeness (QED) is 0.799. The van der Waals surface area contributed by atoms with Gasteiger partial charge in [0.1, 0.15) is 12.7 Å². The van der Waals surface area contributed by atoms with Crippen LogP contribution in [0.25, 0.3) is 5.82 Å². The van der Waals surface area contributed by atoms with Crippen molar-refractivity contribution in [3.63, 3.8) is 0 Å². The van der Waals surface area contributed by atoms with E-state index in [2.05, 4.69) is 25.6 Å². The first kappa shape index (κ1) is 13.2. The maximum absolute atomic E-state index is 12.0. The second-order valence-corrected chi connectivity index (χ2v) is 4.51. The smallest absolute Gasteiger partial charge is 0.276 e. The number of amides is 1. The number of carbonyl (C=O) groups excluding carboxylic acids is 1. The van der Waals surface area contributed by atoms with Gasteiger partial charge < -0.3 is 5.32 Å². The van der Waals surface area contributed by atoms with E-state index in [9.17, 15) is 4.79 Å². The molecule has 0 aliphatic rings. The van der Waals surface area contributed by atoms with Crippen molar-refractivity contribution >= 4 is 23.2 Å². The van der Waals surface area contributed by atoms with Crippen LogP contribution in [-0.4, -0.2) is 30.9 Å². The van der Waals surface area contributed by atoms with E-state index in [4.69, 9.17) is 11.6 Å². The van der Waals surface area contributed by atoms with Gasteiger partial charge in [0.2, 0.25) is 0 Å². The Morgan fingerprint density at radius 3 is 2.52 bits per heavy atom. The van der Waals surface area contributed by atoms with Crippen LogP contribution in [0.15, 0.2) is 49.1 Å². The van der Waals surface area contributed by atoms with Crippen LogP contribution in [0.5, 0.6) is 0 Å². The minimum absolute atomic E-state index is 0.203. The van der Waals surface area contributed by atoms with Gasteiger partial charge in [0, 0.05) is 10.7 Å². The SMILES string of the molecule is O=C(Nc1ccc(Cl)cc1)c1ccc(-n2cncn2)nn1. The number of hydrogen-bond acceptors (Lipinski definition) is 5. The zero-order valence-electron chi connectivity index (χ0n) is 10.6. The van der Waals surface area contributed by atoms with Crippen molar-refractivity contribution in [2.75, 3.05) is 5.32 Å². The first-order valence-electron chi connectivity index (χ1n) is 5.98. The molecule has 0 saturated heterocycles. The van der Waals surface area contributed by atoms with Crippen molar-refractivity contribution < 1.29 is 4.79 Å². The van der Waals surface area contributed by atoms with Gasteiger partial charge in [0.05, 0.1) is 0 Å². The lowest BCUT2D eigenvalue weighted by atomic mass is 10.3. The highest BCUT2D eigenvalue weighted by Gasteiger charge is 2.09. The maximum Gasteiger partial charge on any atom is 0.276 e. The van der Waals surface area contributed by atoms with Crippen LogP contribution in [0, 0.1) is 0 Å². The molecule has 104 valence electrons. The standard InChI is InChI=1S/C13H9ClN6O/c14-9-1-3-10(4-2-9)17-13(21)11-5-6-12(19-18-11)20-8-15-7-16-20/h1-8H,(H,17,21). The van der Waals surface area contributed by atoms with Crippen LogP contribution in [0.1, 0.15) is 10.5 Å². The lowest BCUT2D eigenvalue weighted by Gasteiger charge is -2.04. The molecular formula is C13H9ClN6O. The van der Waals surface area contributed by atoms with E-state index in [1.165, 1.54) is 17.3 Å². The lowest BCUT2D eigenvalue weighted by Crippen LogP contribution is -2.15. The summed E-state index contributed by atoms with van der Waals surface area (Å²) in [4.78, 5) is 15.8. The summed E-state index contributed by atoms with van der Waals surface area (Å²) in [6, 6.07) is 10.00. The zero-order chi connectivity index (χ0) is 14.7. The molecule has 7 nitrogen and oxygen atoms in total. The van der Waals surface area contributed by atoms with Crippen LogP contribution in [0.3, 0.4) is 0 Å². The van der Waals surface area contributed by atoms with Gasteiger partial charge in [-0.25, -0.2) is 9.67 Å². The number of nitrogens with one attached hydrogen (secondary N) is 1. The number of rotatable bonds is 3. The van der Waals surface area contributed by atoms with E-state index in [1.54, 1.807) is 36.4 Å². The van der Waals surface area contributed by atoms with E-state index < -0.39 is 0 Å². The topological polar surface area (TPSA) is 85.6 Å². The Bertz CT molecular complexity index is 739. The van der Waals surface area contributed by atoms with Crippen LogP contribution in [0.2, 0.25) is 5.02 Å². The summed E-state index contributed by atoms with van der Waals surface area (Å²) < 4.78 is 1.45. The summed E-state index contributed by atoms with van der Waals surface area (Å²) in [7, 11) is 0. The second kappa shape index (κ2) is 5.68. The number of aromatic nitrogens is 5. The molecule has 1 N–H and O–H groups in total. The predicted molar refractivity (Wildman–Crippen MR) is 76.4 cm³/mol. The van der Waals surface area contributed by atoms with Gasteiger partial charge in [0.25, 0.3) is 5.91 Å². The second-order valence-electron chi connectivity index (χ2n) is 4.08. The van der Waals surface area contributed by atoms with Gasteiger partial charge in [-0.15, -0.1) is 10.2 Å². The Morgan fingerprint density at radius 1 is 1.10 bits per heavy atom. The summed E-state index contributed by atoms with van der Waals surface area (Å²) in [5.74, 6) is 0.130. The highest BCUT2D eigenvalue weighted by molar-refractivity contribution is 6.30. The fourth-order valence-electron chi connectivity index (χ4n) is 1.62. The largest absolute Gasteiger partial charge is 0.321 e. The molecule has 0 spiro atoms. The molecule has 0 bridgehead atoms. The normalized spacial score (nSPS) is 10.3. The average Bonchev–Trinajstić information content (AvgIpc) is 3.04. The number of anilines is 1. The van der Waals surface area contributed by atoms with Crippen molar-refractivity contribution in [3.05, 3.63) is 59.8 Å². The minimum atomic E-state index is -0.352. The lowest BCUT2D eigenvalue weighted by molar-refractivity contribution is 0.102. The number of hydrogen-bond donors (Lipinski definition) is 1. The fourth-order valence-corrected chi connectivity index (χ4v) is 1.75. The van der Waals surface area contributed by atoms with Crippen LogP contribution < -0.4 is 5.32 Å². The Balaban J connectivity index is 1.74. The maximum atomic E-state index is 12.0. The van der Waals surface area contributed by atoms with Crippen molar-refractivity contribution in [2.24, 2.45) is 0 Å². The summed E-state index contributed by atoms with van der Waals surface area (Å²) in [6.07, 6.45) is 2.89. The molecule has 0 radical (unpaired) electrons. The molecule has 3 rings (SSSR count). The predicted octanol–water partition coefficient (Wildman–Crippen LogP) is 1.96. The number of halogens is 1. The highest BCUT2D eigenvalue weighted by atomic mass is 35.5. The highest BCUT2D eigenvalue weighted by Crippen LogP contribution is 2.14. The molecule has 2 aromatic heterocycles. The summed E-state index contributed by atoms with van der Waals surface area (Å²) >= 11 is 5.78. The molecule has 3 aromatic rings. The van der Waals surface area contributed by atoms with E-state index >= 15 is 0 Å². The Labute approximate surface area is 124 Å². The molecule has 0 aliphatic heterocycles. The number of benzene rings is 1. The summed E-state index contributed by atoms with van der Waals surface area (Å²) in [6.45, 7) is 0. The number of carbonyl (C=O) groups is 1. The van der Waals surface area contributed by atoms with E-state index in [1.807, 2.05) is 0 Å². The molecule has 21 heavy (non-hydrogen) atoms. The van der Waals surface area contributed by atoms with Gasteiger partial charge >= 0.3 is 0 Å². The molecule has 1 aromatic carbocycles. The Hall–Kier alpha value is -2.80. The third-order valence-electron chi connectivity index (χ3n) is 2.64. The van der Waals surface area contributed by atoms with Crippen molar-refractivity contribution in [3.8, 4) is 5.82 Å². The molecule has 0 atom stereocenters. The number of nitrogens with zero attached hydrogens (tertiary/aromatic N) is 5. The van der Waals surface area contributed by atoms with E-state index in [0.29, 0.717) is 16.5 Å². The zero-order valence-corrected chi connectivity index (χ0v) is 11.4. The van der Waals surface area contributed by atoms with Crippen molar-refractivity contribution in [1.82, 2.24) is 25.0 Å². The van der Waals surface area contributed by atoms with Crippen LogP contribution >= 0.6 is 11.6 Å². The molecular weight excluding hydrogens is 292 g/mol.